The highest BCUT2D eigenvalue weighted by molar-refractivity contribution is 5.61. The van der Waals surface area contributed by atoms with Gasteiger partial charge in [-0.3, -0.25) is 4.40 Å². The van der Waals surface area contributed by atoms with Crippen LogP contribution in [0.2, 0.25) is 0 Å². The van der Waals surface area contributed by atoms with Crippen LogP contribution in [0.5, 0.6) is 5.75 Å². The van der Waals surface area contributed by atoms with E-state index in [1.165, 1.54) is 0 Å². The van der Waals surface area contributed by atoms with Crippen LogP contribution < -0.4 is 4.74 Å². The van der Waals surface area contributed by atoms with Crippen molar-refractivity contribution >= 4 is 5.65 Å². The summed E-state index contributed by atoms with van der Waals surface area (Å²) in [5, 5.41) is 17.1. The first-order valence-electron chi connectivity index (χ1n) is 6.02. The largest absolute Gasteiger partial charge is 0.491 e. The zero-order valence-corrected chi connectivity index (χ0v) is 10.2. The molecule has 0 saturated heterocycles. The molecular formula is C14H13N3O2. The fourth-order valence-corrected chi connectivity index (χ4v) is 1.93. The van der Waals surface area contributed by atoms with Gasteiger partial charge in [0.2, 0.25) is 0 Å². The summed E-state index contributed by atoms with van der Waals surface area (Å²) in [6.07, 6.45) is 1.92. The predicted octanol–water partition coefficient (Wildman–Crippen LogP) is 1.77. The molecule has 0 radical (unpaired) electrons. The lowest BCUT2D eigenvalue weighted by Gasteiger charge is -2.05. The number of rotatable bonds is 4. The normalized spacial score (nSPS) is 10.8. The van der Waals surface area contributed by atoms with Crippen molar-refractivity contribution in [1.29, 1.82) is 0 Å². The number of aliphatic hydroxyl groups excluding tert-OH is 1. The van der Waals surface area contributed by atoms with Crippen LogP contribution in [0.4, 0.5) is 0 Å². The minimum atomic E-state index is -0.00189. The van der Waals surface area contributed by atoms with Gasteiger partial charge >= 0.3 is 0 Å². The molecule has 5 heteroatoms. The van der Waals surface area contributed by atoms with Crippen LogP contribution in [0.3, 0.4) is 0 Å². The van der Waals surface area contributed by atoms with Crippen molar-refractivity contribution in [2.75, 3.05) is 13.2 Å². The Morgan fingerprint density at radius 1 is 1.11 bits per heavy atom. The molecule has 0 spiro atoms. The van der Waals surface area contributed by atoms with Crippen molar-refractivity contribution in [1.82, 2.24) is 14.6 Å². The molecule has 5 nitrogen and oxygen atoms in total. The molecule has 0 atom stereocenters. The number of aromatic nitrogens is 3. The molecule has 96 valence electrons. The molecule has 0 unspecified atom stereocenters. The van der Waals surface area contributed by atoms with Crippen molar-refractivity contribution in [3.05, 3.63) is 48.7 Å². The monoisotopic (exact) mass is 255 g/mol. The Labute approximate surface area is 110 Å². The number of pyridine rings is 1. The van der Waals surface area contributed by atoms with Gasteiger partial charge in [0.1, 0.15) is 12.4 Å². The van der Waals surface area contributed by atoms with Crippen molar-refractivity contribution in [3.8, 4) is 17.1 Å². The van der Waals surface area contributed by atoms with E-state index in [2.05, 4.69) is 10.2 Å². The first-order valence-corrected chi connectivity index (χ1v) is 6.02. The second kappa shape index (κ2) is 5.07. The average molecular weight is 255 g/mol. The van der Waals surface area contributed by atoms with Crippen LogP contribution in [0.1, 0.15) is 0 Å². The Morgan fingerprint density at radius 2 is 2.05 bits per heavy atom. The highest BCUT2D eigenvalue weighted by Crippen LogP contribution is 2.22. The SMILES string of the molecule is OCCOc1cccc(-c2nnc3ccccn23)c1. The molecule has 0 bridgehead atoms. The van der Waals surface area contributed by atoms with E-state index in [1.807, 2.05) is 53.1 Å². The third-order valence-corrected chi connectivity index (χ3v) is 2.77. The molecular weight excluding hydrogens is 242 g/mol. The van der Waals surface area contributed by atoms with Gasteiger partial charge in [-0.05, 0) is 24.3 Å². The third-order valence-electron chi connectivity index (χ3n) is 2.77. The summed E-state index contributed by atoms with van der Waals surface area (Å²) in [7, 11) is 0. The lowest BCUT2D eigenvalue weighted by molar-refractivity contribution is 0.201. The summed E-state index contributed by atoms with van der Waals surface area (Å²) in [5.74, 6) is 1.48. The first kappa shape index (κ1) is 11.7. The van der Waals surface area contributed by atoms with Crippen LogP contribution in [0.25, 0.3) is 17.0 Å². The van der Waals surface area contributed by atoms with Gasteiger partial charge in [0.15, 0.2) is 11.5 Å². The van der Waals surface area contributed by atoms with E-state index in [0.717, 1.165) is 17.0 Å². The van der Waals surface area contributed by atoms with E-state index in [9.17, 15) is 0 Å². The Balaban J connectivity index is 2.01. The van der Waals surface area contributed by atoms with Crippen LogP contribution in [0, 0.1) is 0 Å². The molecule has 3 aromatic rings. The van der Waals surface area contributed by atoms with E-state index >= 15 is 0 Å². The Hall–Kier alpha value is -2.40. The number of nitrogens with zero attached hydrogens (tertiary/aromatic N) is 3. The summed E-state index contributed by atoms with van der Waals surface area (Å²) >= 11 is 0. The summed E-state index contributed by atoms with van der Waals surface area (Å²) in [6, 6.07) is 13.4. The fourth-order valence-electron chi connectivity index (χ4n) is 1.93. The van der Waals surface area contributed by atoms with E-state index in [1.54, 1.807) is 0 Å². The molecule has 0 aliphatic rings. The molecule has 3 rings (SSSR count). The molecule has 0 saturated carbocycles. The number of hydrogen-bond donors (Lipinski definition) is 1. The summed E-state index contributed by atoms with van der Waals surface area (Å²) < 4.78 is 7.32. The van der Waals surface area contributed by atoms with Gasteiger partial charge in [-0.1, -0.05) is 18.2 Å². The number of fused-ring (bicyclic) bond motifs is 1. The van der Waals surface area contributed by atoms with Gasteiger partial charge < -0.3 is 9.84 Å². The van der Waals surface area contributed by atoms with Crippen molar-refractivity contribution < 1.29 is 9.84 Å². The van der Waals surface area contributed by atoms with Crippen LogP contribution in [-0.2, 0) is 0 Å². The molecule has 1 aromatic carbocycles. The predicted molar refractivity (Wildman–Crippen MR) is 71.0 cm³/mol. The average Bonchev–Trinajstić information content (AvgIpc) is 2.89. The Bertz CT molecular complexity index is 694. The maximum absolute atomic E-state index is 8.77. The van der Waals surface area contributed by atoms with Gasteiger partial charge in [0, 0.05) is 11.8 Å². The van der Waals surface area contributed by atoms with Gasteiger partial charge in [-0.2, -0.15) is 0 Å². The zero-order chi connectivity index (χ0) is 13.1. The molecule has 2 aromatic heterocycles. The summed E-state index contributed by atoms with van der Waals surface area (Å²) in [6.45, 7) is 0.280. The van der Waals surface area contributed by atoms with E-state index in [-0.39, 0.29) is 13.2 Å². The van der Waals surface area contributed by atoms with Gasteiger partial charge in [-0.15, -0.1) is 10.2 Å². The molecule has 19 heavy (non-hydrogen) atoms. The van der Waals surface area contributed by atoms with Gasteiger partial charge in [0.05, 0.1) is 6.61 Å². The quantitative estimate of drug-likeness (QED) is 0.771. The van der Waals surface area contributed by atoms with Crippen molar-refractivity contribution in [2.24, 2.45) is 0 Å². The van der Waals surface area contributed by atoms with Crippen molar-refractivity contribution in [3.63, 3.8) is 0 Å². The molecule has 0 aliphatic heterocycles. The lowest BCUT2D eigenvalue weighted by Crippen LogP contribution is -2.01. The molecule has 2 heterocycles. The van der Waals surface area contributed by atoms with E-state index in [4.69, 9.17) is 9.84 Å². The first-order chi connectivity index (χ1) is 9.38. The summed E-state index contributed by atoms with van der Waals surface area (Å²) in [5.41, 5.74) is 1.73. The second-order valence-electron chi connectivity index (χ2n) is 4.05. The van der Waals surface area contributed by atoms with Crippen LogP contribution in [-0.4, -0.2) is 32.9 Å². The maximum Gasteiger partial charge on any atom is 0.168 e. The standard InChI is InChI=1S/C14H13N3O2/c18-8-9-19-12-5-3-4-11(10-12)14-16-15-13-6-1-2-7-17(13)14/h1-7,10,18H,8-9H2. The zero-order valence-electron chi connectivity index (χ0n) is 10.2. The van der Waals surface area contributed by atoms with E-state index < -0.39 is 0 Å². The van der Waals surface area contributed by atoms with Crippen LogP contribution >= 0.6 is 0 Å². The number of hydrogen-bond acceptors (Lipinski definition) is 4. The smallest absolute Gasteiger partial charge is 0.168 e. The minimum absolute atomic E-state index is 0.00189. The lowest BCUT2D eigenvalue weighted by atomic mass is 10.2. The number of ether oxygens (including phenoxy) is 1. The highest BCUT2D eigenvalue weighted by atomic mass is 16.5. The summed E-state index contributed by atoms with van der Waals surface area (Å²) in [4.78, 5) is 0. The molecule has 0 aliphatic carbocycles. The third kappa shape index (κ3) is 2.28. The van der Waals surface area contributed by atoms with Gasteiger partial charge in [-0.25, -0.2) is 0 Å². The molecule has 0 amide bonds. The maximum atomic E-state index is 8.77. The van der Waals surface area contributed by atoms with Gasteiger partial charge in [0.25, 0.3) is 0 Å². The highest BCUT2D eigenvalue weighted by Gasteiger charge is 2.08. The van der Waals surface area contributed by atoms with E-state index in [0.29, 0.717) is 5.75 Å². The Kier molecular flexibility index (Phi) is 3.12. The van der Waals surface area contributed by atoms with Crippen molar-refractivity contribution in [2.45, 2.75) is 0 Å². The topological polar surface area (TPSA) is 59.7 Å². The molecule has 0 fully saturated rings. The minimum Gasteiger partial charge on any atom is -0.491 e. The second-order valence-corrected chi connectivity index (χ2v) is 4.05. The molecule has 1 N–H and O–H groups in total. The number of benzene rings is 1. The number of aliphatic hydroxyl groups is 1. The fraction of sp³-hybridized carbons (Fsp3) is 0.143. The van der Waals surface area contributed by atoms with Crippen LogP contribution in [0.15, 0.2) is 48.7 Å². The Morgan fingerprint density at radius 3 is 2.95 bits per heavy atom.